The standard InChI is InChI=1S/C20H28N2O12.2C20H28N2O10/c1-12-15(17(25)19(31-5)18(30-4)16(12)24)20(2,3)10-14(23)32-9-7-6-8-13(34-22(28)29)11-33-21(26)27;2*1-12-13(2)19(25)17(14(3)18(12)24)20(4,5)10-16(23)30-9-7-6-8-15(32-22(28)29)11-31-21(26)27/h13H,6-11H2,1-5H3;2*15H,6-11H2,1-5H3/t13-;2*15-/m010/s1. The third-order valence-corrected chi connectivity index (χ3v) is 15.5. The Morgan fingerprint density at radius 3 is 0.827 bits per heavy atom. The van der Waals surface area contributed by atoms with Crippen molar-refractivity contribution < 1.29 is 126 Å². The van der Waals surface area contributed by atoms with Gasteiger partial charge in [0.1, 0.15) is 38.1 Å². The van der Waals surface area contributed by atoms with Gasteiger partial charge in [0.15, 0.2) is 23.1 Å². The van der Waals surface area contributed by atoms with Crippen molar-refractivity contribution in [2.24, 2.45) is 16.2 Å². The first-order valence-electron chi connectivity index (χ1n) is 30.2. The minimum absolute atomic E-state index is 0.0130. The van der Waals surface area contributed by atoms with Gasteiger partial charge in [-0.2, -0.15) is 0 Å². The molecule has 0 amide bonds. The molecule has 0 bridgehead atoms. The van der Waals surface area contributed by atoms with Crippen molar-refractivity contribution in [2.75, 3.05) is 53.9 Å². The number of carbonyl (C=O) groups excluding carboxylic acids is 9. The number of ketones is 6. The molecule has 0 aromatic rings. The Bertz CT molecular complexity index is 3130. The first-order valence-corrected chi connectivity index (χ1v) is 30.2. The van der Waals surface area contributed by atoms with Crippen LogP contribution in [0.2, 0.25) is 0 Å². The molecule has 0 heterocycles. The van der Waals surface area contributed by atoms with Crippen molar-refractivity contribution in [3.63, 3.8) is 0 Å². The van der Waals surface area contributed by atoms with E-state index in [2.05, 4.69) is 29.0 Å². The molecule has 0 aromatic carbocycles. The van der Waals surface area contributed by atoms with E-state index >= 15 is 0 Å². The van der Waals surface area contributed by atoms with Crippen molar-refractivity contribution >= 4 is 52.6 Å². The lowest BCUT2D eigenvalue weighted by molar-refractivity contribution is -0.790. The van der Waals surface area contributed by atoms with E-state index in [-0.39, 0.29) is 104 Å². The lowest BCUT2D eigenvalue weighted by Gasteiger charge is -2.31. The molecule has 0 N–H and O–H groups in total. The van der Waals surface area contributed by atoms with E-state index in [1.807, 2.05) is 0 Å². The maximum absolute atomic E-state index is 12.9. The largest absolute Gasteiger partial charge is 0.489 e. The number of ether oxygens (including phenoxy) is 5. The first-order chi connectivity index (χ1) is 45.4. The number of unbranched alkanes of at least 4 members (excludes halogenated alkanes) is 3. The lowest BCUT2D eigenvalue weighted by atomic mass is 9.71. The van der Waals surface area contributed by atoms with Crippen LogP contribution in [0, 0.1) is 76.9 Å². The van der Waals surface area contributed by atoms with E-state index in [4.69, 9.17) is 23.7 Å². The number of esters is 3. The van der Waals surface area contributed by atoms with Gasteiger partial charge in [0.25, 0.3) is 30.5 Å². The lowest BCUT2D eigenvalue weighted by Crippen LogP contribution is -2.34. The van der Waals surface area contributed by atoms with Gasteiger partial charge in [0.2, 0.25) is 23.1 Å². The van der Waals surface area contributed by atoms with Crippen LogP contribution in [-0.4, -0.2) is 155 Å². The molecule has 0 unspecified atom stereocenters. The topological polar surface area (TPSA) is 514 Å². The van der Waals surface area contributed by atoms with Crippen molar-refractivity contribution in [2.45, 2.75) is 185 Å². The number of nitrogens with zero attached hydrogens (tertiary/aromatic N) is 6. The van der Waals surface area contributed by atoms with Crippen LogP contribution in [0.5, 0.6) is 0 Å². The van der Waals surface area contributed by atoms with Crippen molar-refractivity contribution in [3.05, 3.63) is 128 Å². The highest BCUT2D eigenvalue weighted by atomic mass is 17.0. The summed E-state index contributed by atoms with van der Waals surface area (Å²) >= 11 is 0. The fraction of sp³-hybridized carbons (Fsp3) is 0.650. The Labute approximate surface area is 560 Å². The summed E-state index contributed by atoms with van der Waals surface area (Å²) in [6, 6.07) is 0. The Morgan fingerprint density at radius 1 is 0.347 bits per heavy atom. The maximum atomic E-state index is 12.9. The minimum atomic E-state index is -1.14. The summed E-state index contributed by atoms with van der Waals surface area (Å²) in [7, 11) is 2.49. The van der Waals surface area contributed by atoms with Crippen LogP contribution in [0.1, 0.15) is 167 Å². The normalized spacial score (nSPS) is 15.4. The van der Waals surface area contributed by atoms with Crippen LogP contribution < -0.4 is 0 Å². The molecule has 3 rings (SSSR count). The monoisotopic (exact) mass is 1400 g/mol. The summed E-state index contributed by atoms with van der Waals surface area (Å²) in [4.78, 5) is 200. The second-order valence-corrected chi connectivity index (χ2v) is 24.3. The highest BCUT2D eigenvalue weighted by Crippen LogP contribution is 2.42. The molecule has 3 aliphatic carbocycles. The van der Waals surface area contributed by atoms with Crippen molar-refractivity contribution in [1.82, 2.24) is 0 Å². The van der Waals surface area contributed by atoms with E-state index in [0.29, 0.717) is 83.1 Å². The van der Waals surface area contributed by atoms with Gasteiger partial charge in [0.05, 0.1) is 53.3 Å². The molecular weight excluding hydrogens is 1320 g/mol. The SMILES string of the molecule is CC1=C(C)C(=O)C(C(C)(C)CC(=O)OCCCC[C@@H](CO[N+](=O)[O-])O[N+](=O)[O-])=C(C)C1=O.CC1=C(C)C(=O)C(C(C)(C)CC(=O)OCCCC[C@H](CO[N+](=O)[O-])O[N+](=O)[O-])=C(C)C1=O.COC1=C(OC)C(=O)C(C(C)(C)CC(=O)OCCCC[C@@H](CO[N+](=O)[O-])O[N+](=O)[O-])=C(C)C1=O. The summed E-state index contributed by atoms with van der Waals surface area (Å²) in [5.74, 6) is -4.19. The van der Waals surface area contributed by atoms with Crippen LogP contribution >= 0.6 is 0 Å². The Morgan fingerprint density at radius 2 is 0.582 bits per heavy atom. The van der Waals surface area contributed by atoms with E-state index in [9.17, 15) is 104 Å². The van der Waals surface area contributed by atoms with Crippen LogP contribution in [-0.2, 0) is 95.9 Å². The molecule has 0 saturated carbocycles. The highest BCUT2D eigenvalue weighted by Gasteiger charge is 2.44. The predicted molar refractivity (Wildman–Crippen MR) is 330 cm³/mol. The zero-order chi connectivity index (χ0) is 75.3. The Hall–Kier alpha value is -10.3. The predicted octanol–water partition coefficient (Wildman–Crippen LogP) is 7.29. The van der Waals surface area contributed by atoms with Crippen LogP contribution in [0.25, 0.3) is 0 Å². The molecule has 0 fully saturated rings. The number of Topliss-reactive ketones (excluding diaryl/α,β-unsaturated/α-hetero) is 6. The van der Waals surface area contributed by atoms with Crippen molar-refractivity contribution in [3.8, 4) is 0 Å². The fourth-order valence-electron chi connectivity index (χ4n) is 10.6. The minimum Gasteiger partial charge on any atom is -0.489 e. The average molecular weight is 1400 g/mol. The molecule has 0 aliphatic heterocycles. The van der Waals surface area contributed by atoms with Crippen LogP contribution in [0.3, 0.4) is 0 Å². The highest BCUT2D eigenvalue weighted by molar-refractivity contribution is 6.26. The second-order valence-electron chi connectivity index (χ2n) is 24.3. The molecule has 546 valence electrons. The number of rotatable bonds is 41. The van der Waals surface area contributed by atoms with E-state index in [0.717, 1.165) is 0 Å². The number of hydrogen-bond acceptors (Lipinski definition) is 32. The third-order valence-electron chi connectivity index (χ3n) is 15.5. The molecule has 98 heavy (non-hydrogen) atoms. The maximum Gasteiger partial charge on any atom is 0.306 e. The Balaban J connectivity index is 0.000000735. The van der Waals surface area contributed by atoms with Crippen molar-refractivity contribution in [1.29, 1.82) is 0 Å². The van der Waals surface area contributed by atoms with Gasteiger partial charge in [-0.25, -0.2) is 0 Å². The third kappa shape index (κ3) is 27.4. The first kappa shape index (κ1) is 85.7. The molecular formula is C60H84N6O32. The second kappa shape index (κ2) is 39.6. The number of carbonyl (C=O) groups is 9. The molecule has 0 aromatic heterocycles. The van der Waals surface area contributed by atoms with E-state index in [1.165, 1.54) is 21.1 Å². The zero-order valence-electron chi connectivity index (χ0n) is 57.2. The van der Waals surface area contributed by atoms with Crippen LogP contribution in [0.15, 0.2) is 67.2 Å². The summed E-state index contributed by atoms with van der Waals surface area (Å²) in [5, 5.41) is 55.6. The quantitative estimate of drug-likeness (QED) is 0.0145. The number of methoxy groups -OCH3 is 2. The zero-order valence-corrected chi connectivity index (χ0v) is 57.2. The van der Waals surface area contributed by atoms with Gasteiger partial charge >= 0.3 is 17.9 Å². The summed E-state index contributed by atoms with van der Waals surface area (Å²) in [5.41, 5.74) is 0.161. The molecule has 3 atom stereocenters. The molecule has 0 spiro atoms. The summed E-state index contributed by atoms with van der Waals surface area (Å²) < 4.78 is 25.6. The molecule has 0 saturated heterocycles. The van der Waals surface area contributed by atoms with E-state index in [1.54, 1.807) is 83.1 Å². The van der Waals surface area contributed by atoms with Crippen LogP contribution in [0.4, 0.5) is 0 Å². The molecule has 3 aliphatic rings. The average Bonchev–Trinajstić information content (AvgIpc) is 0.782. The summed E-state index contributed by atoms with van der Waals surface area (Å²) in [6.07, 6.45) is -1.64. The molecule has 38 nitrogen and oxygen atoms in total. The summed E-state index contributed by atoms with van der Waals surface area (Å²) in [6.45, 7) is 19.2. The molecule has 0 radical (unpaired) electrons. The number of allylic oxidation sites excluding steroid dienone is 10. The van der Waals surface area contributed by atoms with Gasteiger partial charge in [-0.3, -0.25) is 43.2 Å². The van der Waals surface area contributed by atoms with Gasteiger partial charge < -0.3 is 52.7 Å². The number of hydrogen-bond donors (Lipinski definition) is 0. The fourth-order valence-corrected chi connectivity index (χ4v) is 10.6. The van der Waals surface area contributed by atoms with Gasteiger partial charge in [-0.05, 0) is 106 Å². The Kier molecular flexibility index (Phi) is 34.7. The molecule has 38 heteroatoms. The van der Waals surface area contributed by atoms with Gasteiger partial charge in [0, 0.05) is 72.0 Å². The smallest absolute Gasteiger partial charge is 0.306 e. The van der Waals surface area contributed by atoms with Gasteiger partial charge in [-0.15, -0.1) is 60.7 Å². The van der Waals surface area contributed by atoms with Gasteiger partial charge in [-0.1, -0.05) is 41.5 Å². The van der Waals surface area contributed by atoms with E-state index < -0.39 is 114 Å².